The van der Waals surface area contributed by atoms with Gasteiger partial charge in [0.05, 0.1) is 12.8 Å². The monoisotopic (exact) mass is 249 g/mol. The molecule has 1 aliphatic rings. The molecule has 0 aliphatic heterocycles. The van der Waals surface area contributed by atoms with Crippen LogP contribution >= 0.6 is 11.3 Å². The van der Waals surface area contributed by atoms with Crippen LogP contribution in [0.1, 0.15) is 24.5 Å². The molecular formula is C13H12FNOS. The lowest BCUT2D eigenvalue weighted by atomic mass is 10.2. The smallest absolute Gasteiger partial charge is 0.137 e. The molecule has 2 nitrogen and oxygen atoms in total. The average molecular weight is 249 g/mol. The van der Waals surface area contributed by atoms with Gasteiger partial charge in [0.1, 0.15) is 16.6 Å². The zero-order valence-electron chi connectivity index (χ0n) is 9.44. The first-order valence-corrected chi connectivity index (χ1v) is 6.45. The molecule has 0 N–H and O–H groups in total. The van der Waals surface area contributed by atoms with E-state index in [-0.39, 0.29) is 5.82 Å². The number of rotatable bonds is 3. The van der Waals surface area contributed by atoms with E-state index in [1.165, 1.54) is 37.4 Å². The van der Waals surface area contributed by atoms with Gasteiger partial charge in [-0.3, -0.25) is 0 Å². The maximum atomic E-state index is 13.8. The number of aromatic nitrogens is 1. The highest BCUT2D eigenvalue weighted by molar-refractivity contribution is 7.13. The summed E-state index contributed by atoms with van der Waals surface area (Å²) in [7, 11) is 1.53. The molecule has 2 aromatic rings. The van der Waals surface area contributed by atoms with Crippen molar-refractivity contribution >= 4 is 11.3 Å². The summed E-state index contributed by atoms with van der Waals surface area (Å²) in [6.45, 7) is 0. The van der Waals surface area contributed by atoms with Gasteiger partial charge in [-0.25, -0.2) is 9.37 Å². The van der Waals surface area contributed by atoms with Gasteiger partial charge in [-0.15, -0.1) is 11.3 Å². The Morgan fingerprint density at radius 2 is 2.24 bits per heavy atom. The van der Waals surface area contributed by atoms with Crippen molar-refractivity contribution in [2.24, 2.45) is 0 Å². The average Bonchev–Trinajstić information content (AvgIpc) is 3.08. The van der Waals surface area contributed by atoms with E-state index in [2.05, 4.69) is 4.98 Å². The first-order valence-electron chi connectivity index (χ1n) is 5.57. The van der Waals surface area contributed by atoms with E-state index in [0.29, 0.717) is 17.2 Å². The first kappa shape index (κ1) is 10.7. The Kier molecular flexibility index (Phi) is 2.59. The fourth-order valence-electron chi connectivity index (χ4n) is 1.77. The van der Waals surface area contributed by atoms with Gasteiger partial charge < -0.3 is 4.74 Å². The van der Waals surface area contributed by atoms with Crippen molar-refractivity contribution in [3.8, 4) is 16.3 Å². The molecule has 1 aromatic carbocycles. The summed E-state index contributed by atoms with van der Waals surface area (Å²) in [4.78, 5) is 4.50. The largest absolute Gasteiger partial charge is 0.497 e. The van der Waals surface area contributed by atoms with Crippen LogP contribution in [-0.2, 0) is 0 Å². The number of hydrogen-bond acceptors (Lipinski definition) is 3. The lowest BCUT2D eigenvalue weighted by Gasteiger charge is -2.02. The van der Waals surface area contributed by atoms with E-state index in [0.717, 1.165) is 10.7 Å². The lowest BCUT2D eigenvalue weighted by Crippen LogP contribution is -1.88. The van der Waals surface area contributed by atoms with Crippen molar-refractivity contribution in [2.75, 3.05) is 7.11 Å². The van der Waals surface area contributed by atoms with Gasteiger partial charge in [-0.2, -0.15) is 0 Å². The highest BCUT2D eigenvalue weighted by Crippen LogP contribution is 2.41. The molecule has 0 saturated heterocycles. The number of ether oxygens (including phenoxy) is 1. The Labute approximate surface area is 103 Å². The summed E-state index contributed by atoms with van der Waals surface area (Å²) in [6, 6.07) is 4.88. The van der Waals surface area contributed by atoms with Gasteiger partial charge in [-0.1, -0.05) is 0 Å². The molecule has 0 unspecified atom stereocenters. The van der Waals surface area contributed by atoms with Crippen LogP contribution in [0.5, 0.6) is 5.75 Å². The number of benzene rings is 1. The van der Waals surface area contributed by atoms with Crippen molar-refractivity contribution in [2.45, 2.75) is 18.8 Å². The second kappa shape index (κ2) is 4.11. The van der Waals surface area contributed by atoms with Crippen molar-refractivity contribution < 1.29 is 9.13 Å². The summed E-state index contributed by atoms with van der Waals surface area (Å²) >= 11 is 1.51. The van der Waals surface area contributed by atoms with Crippen LogP contribution in [0.25, 0.3) is 10.6 Å². The van der Waals surface area contributed by atoms with Gasteiger partial charge >= 0.3 is 0 Å². The van der Waals surface area contributed by atoms with Crippen LogP contribution in [0, 0.1) is 5.82 Å². The third-order valence-electron chi connectivity index (χ3n) is 2.92. The van der Waals surface area contributed by atoms with Gasteiger partial charge in [-0.05, 0) is 25.0 Å². The minimum absolute atomic E-state index is 0.277. The third kappa shape index (κ3) is 2.05. The number of nitrogens with zero attached hydrogens (tertiary/aromatic N) is 1. The van der Waals surface area contributed by atoms with E-state index < -0.39 is 0 Å². The fraction of sp³-hybridized carbons (Fsp3) is 0.308. The molecule has 17 heavy (non-hydrogen) atoms. The van der Waals surface area contributed by atoms with Crippen LogP contribution in [0.3, 0.4) is 0 Å². The number of methoxy groups -OCH3 is 1. The minimum Gasteiger partial charge on any atom is -0.497 e. The second-order valence-electron chi connectivity index (χ2n) is 4.20. The molecule has 1 aliphatic carbocycles. The van der Waals surface area contributed by atoms with Crippen LogP contribution < -0.4 is 4.74 Å². The van der Waals surface area contributed by atoms with E-state index in [9.17, 15) is 4.39 Å². The van der Waals surface area contributed by atoms with E-state index in [4.69, 9.17) is 4.74 Å². The first-order chi connectivity index (χ1) is 8.28. The molecule has 1 saturated carbocycles. The van der Waals surface area contributed by atoms with Crippen LogP contribution in [-0.4, -0.2) is 12.1 Å². The van der Waals surface area contributed by atoms with Crippen LogP contribution in [0.2, 0.25) is 0 Å². The Balaban J connectivity index is 1.96. The van der Waals surface area contributed by atoms with Crippen LogP contribution in [0.4, 0.5) is 4.39 Å². The van der Waals surface area contributed by atoms with Crippen molar-refractivity contribution in [3.05, 3.63) is 35.1 Å². The van der Waals surface area contributed by atoms with Crippen molar-refractivity contribution in [1.29, 1.82) is 0 Å². The normalized spacial score (nSPS) is 14.9. The Morgan fingerprint density at radius 3 is 2.88 bits per heavy atom. The van der Waals surface area contributed by atoms with E-state index in [1.807, 2.05) is 5.38 Å². The molecule has 0 radical (unpaired) electrons. The molecule has 88 valence electrons. The summed E-state index contributed by atoms with van der Waals surface area (Å²) in [5.41, 5.74) is 1.67. The quantitative estimate of drug-likeness (QED) is 0.824. The predicted octanol–water partition coefficient (Wildman–Crippen LogP) is 3.84. The SMILES string of the molecule is COc1ccc(-c2nc(C3CC3)cs2)c(F)c1. The zero-order chi connectivity index (χ0) is 11.8. The molecule has 1 heterocycles. The molecule has 1 aromatic heterocycles. The molecular weight excluding hydrogens is 237 g/mol. The third-order valence-corrected chi connectivity index (χ3v) is 3.82. The summed E-state index contributed by atoms with van der Waals surface area (Å²) in [5.74, 6) is 0.868. The molecule has 0 atom stereocenters. The van der Waals surface area contributed by atoms with Crippen molar-refractivity contribution in [3.63, 3.8) is 0 Å². The molecule has 1 fully saturated rings. The molecule has 3 rings (SSSR count). The highest BCUT2D eigenvalue weighted by atomic mass is 32.1. The number of hydrogen-bond donors (Lipinski definition) is 0. The lowest BCUT2D eigenvalue weighted by molar-refractivity contribution is 0.411. The predicted molar refractivity (Wildman–Crippen MR) is 66.0 cm³/mol. The molecule has 4 heteroatoms. The van der Waals surface area contributed by atoms with Gasteiger partial charge in [0.25, 0.3) is 0 Å². The standard InChI is InChI=1S/C13H12FNOS/c1-16-9-4-5-10(11(14)6-9)13-15-12(7-17-13)8-2-3-8/h4-8H,2-3H2,1H3. The van der Waals surface area contributed by atoms with E-state index >= 15 is 0 Å². The Bertz CT molecular complexity index is 548. The topological polar surface area (TPSA) is 22.1 Å². The number of thiazole rings is 1. The Hall–Kier alpha value is -1.42. The van der Waals surface area contributed by atoms with Gasteiger partial charge in [0.2, 0.25) is 0 Å². The Morgan fingerprint density at radius 1 is 1.41 bits per heavy atom. The molecule has 0 bridgehead atoms. The molecule has 0 amide bonds. The fourth-order valence-corrected chi connectivity index (χ4v) is 2.70. The van der Waals surface area contributed by atoms with E-state index in [1.54, 1.807) is 12.1 Å². The summed E-state index contributed by atoms with van der Waals surface area (Å²) in [5, 5.41) is 2.79. The van der Waals surface area contributed by atoms with Crippen molar-refractivity contribution in [1.82, 2.24) is 4.98 Å². The minimum atomic E-state index is -0.277. The van der Waals surface area contributed by atoms with Crippen LogP contribution in [0.15, 0.2) is 23.6 Å². The maximum Gasteiger partial charge on any atom is 0.137 e. The second-order valence-corrected chi connectivity index (χ2v) is 5.06. The van der Waals surface area contributed by atoms with Gasteiger partial charge in [0, 0.05) is 22.9 Å². The highest BCUT2D eigenvalue weighted by Gasteiger charge is 2.26. The number of halogens is 1. The summed E-state index contributed by atoms with van der Waals surface area (Å²) < 4.78 is 18.8. The zero-order valence-corrected chi connectivity index (χ0v) is 10.3. The van der Waals surface area contributed by atoms with Gasteiger partial charge in [0.15, 0.2) is 0 Å². The summed E-state index contributed by atoms with van der Waals surface area (Å²) in [6.07, 6.45) is 2.43. The maximum absolute atomic E-state index is 13.8. The molecule has 0 spiro atoms.